The fourth-order valence-corrected chi connectivity index (χ4v) is 11.6. The zero-order chi connectivity index (χ0) is 26.0. The predicted molar refractivity (Wildman–Crippen MR) is 141 cm³/mol. The molecule has 7 rings (SSSR count). The van der Waals surface area contributed by atoms with E-state index in [4.69, 9.17) is 9.47 Å². The summed E-state index contributed by atoms with van der Waals surface area (Å²) in [7, 11) is 0. The Bertz CT molecular complexity index is 984. The lowest BCUT2D eigenvalue weighted by Gasteiger charge is -2.75. The third kappa shape index (κ3) is 2.77. The summed E-state index contributed by atoms with van der Waals surface area (Å²) in [5.74, 6) is 0.418. The normalized spacial score (nSPS) is 52.3. The first kappa shape index (κ1) is 25.4. The molecule has 202 valence electrons. The van der Waals surface area contributed by atoms with Crippen LogP contribution in [0.15, 0.2) is 11.6 Å². The van der Waals surface area contributed by atoms with Crippen molar-refractivity contribution in [3.05, 3.63) is 11.6 Å². The van der Waals surface area contributed by atoms with Gasteiger partial charge in [0.1, 0.15) is 0 Å². The topological polar surface area (TPSA) is 55.8 Å². The molecule has 2 bridgehead atoms. The van der Waals surface area contributed by atoms with E-state index in [1.807, 2.05) is 0 Å². The molecule has 4 saturated carbocycles. The van der Waals surface area contributed by atoms with Crippen LogP contribution >= 0.6 is 0 Å². The van der Waals surface area contributed by atoms with Crippen LogP contribution < -0.4 is 0 Å². The number of ether oxygens (including phenoxy) is 2. The number of fused-ring (bicyclic) bond motifs is 7. The third-order valence-corrected chi connectivity index (χ3v) is 13.8. The van der Waals surface area contributed by atoms with Crippen LogP contribution in [0.2, 0.25) is 0 Å². The summed E-state index contributed by atoms with van der Waals surface area (Å²) < 4.78 is 13.2. The summed E-state index contributed by atoms with van der Waals surface area (Å²) in [6.45, 7) is 18.3. The predicted octanol–water partition coefficient (Wildman–Crippen LogP) is 7.62. The van der Waals surface area contributed by atoms with Crippen molar-refractivity contribution in [2.45, 2.75) is 118 Å². The molecule has 4 nitrogen and oxygen atoms in total. The third-order valence-electron chi connectivity index (χ3n) is 13.8. The number of carboxylic acid groups (broad SMARTS) is 1. The Morgan fingerprint density at radius 1 is 1.00 bits per heavy atom. The van der Waals surface area contributed by atoms with Crippen LogP contribution in [-0.2, 0) is 14.3 Å². The maximum atomic E-state index is 12.9. The molecule has 4 heteroatoms. The van der Waals surface area contributed by atoms with Crippen LogP contribution in [0.5, 0.6) is 0 Å². The molecule has 2 saturated heterocycles. The minimum Gasteiger partial charge on any atom is -0.481 e. The first-order chi connectivity index (χ1) is 16.7. The Balaban J connectivity index is 1.43. The van der Waals surface area contributed by atoms with E-state index < -0.39 is 17.2 Å². The second kappa shape index (κ2) is 7.40. The van der Waals surface area contributed by atoms with Gasteiger partial charge >= 0.3 is 5.97 Å². The molecule has 0 unspecified atom stereocenters. The van der Waals surface area contributed by atoms with Crippen LogP contribution in [0.25, 0.3) is 0 Å². The summed E-state index contributed by atoms with van der Waals surface area (Å²) in [5, 5.41) is 10.6. The highest BCUT2D eigenvalue weighted by Crippen LogP contribution is 2.78. The van der Waals surface area contributed by atoms with Crippen LogP contribution in [0.3, 0.4) is 0 Å². The van der Waals surface area contributed by atoms with Gasteiger partial charge < -0.3 is 14.6 Å². The Morgan fingerprint density at radius 3 is 2.36 bits per heavy atom. The Morgan fingerprint density at radius 2 is 1.72 bits per heavy atom. The molecule has 0 aromatic carbocycles. The number of carbonyl (C=O) groups is 1. The van der Waals surface area contributed by atoms with E-state index in [0.717, 1.165) is 51.6 Å². The van der Waals surface area contributed by atoms with E-state index in [-0.39, 0.29) is 33.0 Å². The molecule has 2 heterocycles. The van der Waals surface area contributed by atoms with Crippen molar-refractivity contribution < 1.29 is 19.4 Å². The number of rotatable bonds is 3. The van der Waals surface area contributed by atoms with E-state index in [1.165, 1.54) is 24.8 Å². The molecule has 6 fully saturated rings. The highest BCUT2D eigenvalue weighted by Gasteiger charge is 2.74. The lowest BCUT2D eigenvalue weighted by molar-refractivity contribution is -0.407. The summed E-state index contributed by atoms with van der Waals surface area (Å²) in [4.78, 5) is 12.9. The second-order valence-corrected chi connectivity index (χ2v) is 15.6. The minimum absolute atomic E-state index is 0.00412. The van der Waals surface area contributed by atoms with Crippen LogP contribution in [0, 0.1) is 50.2 Å². The molecule has 8 atom stereocenters. The maximum absolute atomic E-state index is 12.9. The van der Waals surface area contributed by atoms with Gasteiger partial charge in [-0.2, -0.15) is 0 Å². The average Bonchev–Trinajstić information content (AvgIpc) is 2.80. The fourth-order valence-electron chi connectivity index (χ4n) is 11.6. The molecule has 2 aliphatic heterocycles. The van der Waals surface area contributed by atoms with Gasteiger partial charge in [-0.1, -0.05) is 53.2 Å². The maximum Gasteiger partial charge on any atom is 0.310 e. The number of aliphatic carboxylic acids is 1. The Kier molecular flexibility index (Phi) is 5.23. The van der Waals surface area contributed by atoms with Gasteiger partial charge in [-0.05, 0) is 98.7 Å². The van der Waals surface area contributed by atoms with E-state index in [1.54, 1.807) is 0 Å². The van der Waals surface area contributed by atoms with Crippen molar-refractivity contribution in [1.29, 1.82) is 0 Å². The first-order valence-electron chi connectivity index (χ1n) is 15.0. The Hall–Kier alpha value is -0.870. The zero-order valence-corrected chi connectivity index (χ0v) is 24.0. The Labute approximate surface area is 219 Å². The van der Waals surface area contributed by atoms with Crippen molar-refractivity contribution in [3.63, 3.8) is 0 Å². The molecule has 0 aromatic rings. The number of hydrogen-bond acceptors (Lipinski definition) is 3. The van der Waals surface area contributed by atoms with Crippen LogP contribution in [0.1, 0.15) is 113 Å². The molecule has 7 aliphatic rings. The molecule has 0 aromatic heterocycles. The van der Waals surface area contributed by atoms with Crippen LogP contribution in [-0.4, -0.2) is 30.1 Å². The van der Waals surface area contributed by atoms with Gasteiger partial charge in [-0.25, -0.2) is 0 Å². The largest absolute Gasteiger partial charge is 0.481 e. The number of carboxylic acids is 1. The van der Waals surface area contributed by atoms with Crippen molar-refractivity contribution in [2.24, 2.45) is 50.2 Å². The molecular weight excluding hydrogens is 448 g/mol. The van der Waals surface area contributed by atoms with Crippen LogP contribution in [0.4, 0.5) is 0 Å². The van der Waals surface area contributed by atoms with Crippen molar-refractivity contribution in [1.82, 2.24) is 0 Å². The zero-order valence-electron chi connectivity index (χ0n) is 24.0. The molecule has 0 radical (unpaired) electrons. The molecular formula is C32H50O4. The van der Waals surface area contributed by atoms with E-state index in [9.17, 15) is 9.90 Å². The van der Waals surface area contributed by atoms with E-state index in [0.29, 0.717) is 18.4 Å². The lowest BCUT2D eigenvalue weighted by atomic mass is 9.32. The number of hydrogen-bond donors (Lipinski definition) is 1. The SMILES string of the molecule is CCO[C@@]12CC[C@]3(CO1)[C@H]1CC=C4[C@@H]5CC(C)(C)CC[C@]5(C(=O)O)CC[C@@]4(C)[C@]1(C)CC[C@H]3C2(C)C. The lowest BCUT2D eigenvalue weighted by Crippen LogP contribution is -2.73. The van der Waals surface area contributed by atoms with Gasteiger partial charge in [0.25, 0.3) is 0 Å². The highest BCUT2D eigenvalue weighted by molar-refractivity contribution is 5.76. The summed E-state index contributed by atoms with van der Waals surface area (Å²) in [6, 6.07) is 0. The van der Waals surface area contributed by atoms with E-state index >= 15 is 0 Å². The summed E-state index contributed by atoms with van der Waals surface area (Å²) >= 11 is 0. The monoisotopic (exact) mass is 498 g/mol. The van der Waals surface area contributed by atoms with Crippen molar-refractivity contribution in [3.8, 4) is 0 Å². The summed E-state index contributed by atoms with van der Waals surface area (Å²) in [5.41, 5.74) is 1.64. The first-order valence-corrected chi connectivity index (χ1v) is 15.0. The quantitative estimate of drug-likeness (QED) is 0.407. The molecule has 5 aliphatic carbocycles. The second-order valence-electron chi connectivity index (χ2n) is 15.6. The molecule has 0 amide bonds. The molecule has 36 heavy (non-hydrogen) atoms. The van der Waals surface area contributed by atoms with Gasteiger partial charge in [-0.3, -0.25) is 4.79 Å². The highest BCUT2D eigenvalue weighted by atomic mass is 16.7. The molecule has 1 spiro atoms. The number of allylic oxidation sites excluding steroid dienone is 2. The fraction of sp³-hybridized carbons (Fsp3) is 0.906. The minimum atomic E-state index is -0.558. The summed E-state index contributed by atoms with van der Waals surface area (Å²) in [6.07, 6.45) is 13.1. The van der Waals surface area contributed by atoms with Gasteiger partial charge in [0.2, 0.25) is 0 Å². The van der Waals surface area contributed by atoms with Crippen molar-refractivity contribution >= 4 is 5.97 Å². The smallest absolute Gasteiger partial charge is 0.310 e. The van der Waals surface area contributed by atoms with E-state index in [2.05, 4.69) is 54.5 Å². The standard InChI is InChI=1S/C32H50O4/c1-8-35-32-18-17-31(20-36-32)23(27(32,4)5)11-12-29(7)24(31)10-9-21-22-19-26(2,3)13-15-30(22,25(33)34)16-14-28(21,29)6/h9,22-24H,8,10-20H2,1-7H3,(H,33,34)/t22-,23-,24-,28+,29+,30-,31+,32-/m0/s1. The van der Waals surface area contributed by atoms with Gasteiger partial charge in [-0.15, -0.1) is 0 Å². The van der Waals surface area contributed by atoms with Crippen molar-refractivity contribution in [2.75, 3.05) is 13.2 Å². The molecule has 1 N–H and O–H groups in total. The van der Waals surface area contributed by atoms with Gasteiger partial charge in [0.15, 0.2) is 5.79 Å². The van der Waals surface area contributed by atoms with Gasteiger partial charge in [0.05, 0.1) is 12.0 Å². The average molecular weight is 499 g/mol. The van der Waals surface area contributed by atoms with Gasteiger partial charge in [0, 0.05) is 23.9 Å².